The quantitative estimate of drug-likeness (QED) is 0.174. The van der Waals surface area contributed by atoms with Crippen molar-refractivity contribution < 1.29 is 61.4 Å². The maximum Gasteiger partial charge on any atom is 0.490 e. The highest BCUT2D eigenvalue weighted by Gasteiger charge is 2.51. The summed E-state index contributed by atoms with van der Waals surface area (Å²) in [7, 11) is -15.7. The van der Waals surface area contributed by atoms with Crippen molar-refractivity contribution in [3.05, 3.63) is 16.7 Å². The fourth-order valence-electron chi connectivity index (χ4n) is 2.93. The number of nitrogens with two attached hydrogens (primary N) is 1. The van der Waals surface area contributed by atoms with Crippen LogP contribution in [0.4, 0.5) is 5.95 Å². The van der Waals surface area contributed by atoms with Crippen LogP contribution in [0, 0.1) is 0 Å². The number of aliphatic hydroxyl groups excluding tert-OH is 2. The number of nitrogen functional groups attached to an aromatic ring is 1. The second-order valence-electron chi connectivity index (χ2n) is 6.56. The third kappa shape index (κ3) is 5.58. The molecule has 0 aromatic carbocycles. The minimum Gasteiger partial charge on any atom is -0.394 e. The van der Waals surface area contributed by atoms with Crippen molar-refractivity contribution in [2.75, 3.05) is 12.3 Å². The van der Waals surface area contributed by atoms with Gasteiger partial charge in [-0.15, -0.1) is 0 Å². The van der Waals surface area contributed by atoms with Gasteiger partial charge in [0.05, 0.1) is 12.9 Å². The average molecular weight is 537 g/mol. The van der Waals surface area contributed by atoms with Crippen LogP contribution in [0.15, 0.2) is 11.1 Å². The van der Waals surface area contributed by atoms with Crippen molar-refractivity contribution in [2.24, 2.45) is 7.05 Å². The van der Waals surface area contributed by atoms with Crippen molar-refractivity contribution in [3.63, 3.8) is 0 Å². The molecule has 3 rings (SSSR count). The molecule has 2 aromatic heterocycles. The first-order valence-corrected chi connectivity index (χ1v) is 13.0. The molecule has 1 saturated heterocycles. The number of nitrogens with zero attached hydrogens (tertiary/aromatic N) is 4. The lowest BCUT2D eigenvalue weighted by atomic mass is 10.1. The van der Waals surface area contributed by atoms with Gasteiger partial charge in [0.1, 0.15) is 18.3 Å². The Labute approximate surface area is 182 Å². The summed E-state index contributed by atoms with van der Waals surface area (Å²) < 4.78 is 53.6. The predicted molar refractivity (Wildman–Crippen MR) is 103 cm³/mol. The number of fused-ring (bicyclic) bond motifs is 1. The number of aliphatic hydroxyl groups is 2. The molecule has 0 amide bonds. The van der Waals surface area contributed by atoms with E-state index in [2.05, 4.69) is 23.1 Å². The standard InChI is InChI=1S/C11H18N5O14P3/c1-15-9(19)5-8(14-11(15)12)16(3-13-5)10-6(18)7(4(2-17)27-10)28-32(23,24)30-33(25,26)29-31(20,21)22/h3-4,6-7,10,17-18H,2H2,1H3,(H2,12,14)(H,23,24)(H,25,26)(H2,20,21,22)/t4-,6-,7-,10-/m1/s1. The Morgan fingerprint density at radius 3 is 2.39 bits per heavy atom. The lowest BCUT2D eigenvalue weighted by Crippen LogP contribution is -2.35. The van der Waals surface area contributed by atoms with E-state index in [-0.39, 0.29) is 17.1 Å². The predicted octanol–water partition coefficient (Wildman–Crippen LogP) is -2.33. The van der Waals surface area contributed by atoms with Gasteiger partial charge in [-0.25, -0.2) is 18.7 Å². The molecule has 3 heterocycles. The van der Waals surface area contributed by atoms with Crippen LogP contribution in [0.3, 0.4) is 0 Å². The maximum absolute atomic E-state index is 12.3. The maximum atomic E-state index is 12.3. The van der Waals surface area contributed by atoms with Gasteiger partial charge < -0.3 is 40.3 Å². The number of phosphoric acid groups is 3. The summed E-state index contributed by atoms with van der Waals surface area (Å²) in [6, 6.07) is 0. The van der Waals surface area contributed by atoms with Crippen LogP contribution < -0.4 is 11.3 Å². The topological polar surface area (TPSA) is 288 Å². The second kappa shape index (κ2) is 8.90. The van der Waals surface area contributed by atoms with Gasteiger partial charge in [-0.3, -0.25) is 18.5 Å². The molecular formula is C11H18N5O14P3. The molecule has 1 aliphatic heterocycles. The van der Waals surface area contributed by atoms with Crippen molar-refractivity contribution in [1.82, 2.24) is 19.1 Å². The van der Waals surface area contributed by atoms with Gasteiger partial charge in [-0.1, -0.05) is 0 Å². The third-order valence-electron chi connectivity index (χ3n) is 4.27. The number of ether oxygens (including phenoxy) is 1. The Hall–Kier alpha value is -1.56. The molecule has 2 unspecified atom stereocenters. The van der Waals surface area contributed by atoms with Crippen molar-refractivity contribution in [2.45, 2.75) is 24.5 Å². The SMILES string of the molecule is Cn1c(N)nc2c(ncn2[C@@H]2O[C@H](CO)[C@@H](OP(=O)(O)OP(=O)(O)OP(=O)(O)O)[C@H]2O)c1=O. The van der Waals surface area contributed by atoms with Crippen LogP contribution >= 0.6 is 23.5 Å². The highest BCUT2D eigenvalue weighted by Crippen LogP contribution is 2.67. The fraction of sp³-hybridized carbons (Fsp3) is 0.545. The number of hydrogen-bond donors (Lipinski definition) is 7. The van der Waals surface area contributed by atoms with Crippen LogP contribution in [0.1, 0.15) is 6.23 Å². The summed E-state index contributed by atoms with van der Waals surface area (Å²) in [4.78, 5) is 56.2. The van der Waals surface area contributed by atoms with Crippen LogP contribution in [0.5, 0.6) is 0 Å². The molecule has 0 spiro atoms. The molecule has 0 bridgehead atoms. The number of imidazole rings is 1. The smallest absolute Gasteiger partial charge is 0.394 e. The zero-order valence-electron chi connectivity index (χ0n) is 16.3. The van der Waals surface area contributed by atoms with Crippen LogP contribution in [-0.4, -0.2) is 73.8 Å². The van der Waals surface area contributed by atoms with E-state index < -0.39 is 60.2 Å². The Morgan fingerprint density at radius 2 is 1.82 bits per heavy atom. The zero-order chi connectivity index (χ0) is 24.9. The van der Waals surface area contributed by atoms with Crippen LogP contribution in [0.2, 0.25) is 0 Å². The van der Waals surface area contributed by atoms with Crippen molar-refractivity contribution >= 4 is 40.6 Å². The molecule has 6 atom stereocenters. The van der Waals surface area contributed by atoms with Crippen molar-refractivity contribution in [3.8, 4) is 0 Å². The Bertz CT molecular complexity index is 1260. The van der Waals surface area contributed by atoms with Gasteiger partial charge >= 0.3 is 23.5 Å². The minimum absolute atomic E-state index is 0.143. The Kier molecular flexibility index (Phi) is 7.03. The van der Waals surface area contributed by atoms with Gasteiger partial charge in [-0.05, 0) is 0 Å². The molecule has 19 nitrogen and oxygen atoms in total. The highest BCUT2D eigenvalue weighted by atomic mass is 31.3. The molecule has 0 aliphatic carbocycles. The van der Waals surface area contributed by atoms with Crippen LogP contribution in [0.25, 0.3) is 11.2 Å². The molecule has 8 N–H and O–H groups in total. The lowest BCUT2D eigenvalue weighted by Gasteiger charge is -2.23. The van der Waals surface area contributed by atoms with Crippen molar-refractivity contribution in [1.29, 1.82) is 0 Å². The summed E-state index contributed by atoms with van der Waals surface area (Å²) in [5, 5.41) is 20.1. The van der Waals surface area contributed by atoms with E-state index in [1.54, 1.807) is 0 Å². The summed E-state index contributed by atoms with van der Waals surface area (Å²) in [5.41, 5.74) is 4.71. The molecule has 22 heteroatoms. The first-order valence-electron chi connectivity index (χ1n) is 8.51. The summed E-state index contributed by atoms with van der Waals surface area (Å²) in [6.07, 6.45) is -5.79. The molecule has 0 saturated carbocycles. The van der Waals surface area contributed by atoms with E-state index in [1.807, 2.05) is 0 Å². The van der Waals surface area contributed by atoms with E-state index in [0.717, 1.165) is 15.5 Å². The molecule has 1 aliphatic rings. The zero-order valence-corrected chi connectivity index (χ0v) is 18.9. The Balaban J connectivity index is 1.88. The van der Waals surface area contributed by atoms with Crippen LogP contribution in [-0.2, 0) is 38.6 Å². The third-order valence-corrected chi connectivity index (χ3v) is 8.11. The van der Waals surface area contributed by atoms with Gasteiger partial charge in [0.15, 0.2) is 17.4 Å². The fourth-order valence-corrected chi connectivity index (χ4v) is 6.16. The number of aromatic nitrogens is 4. The van der Waals surface area contributed by atoms with Gasteiger partial charge in [-0.2, -0.15) is 13.6 Å². The molecular weight excluding hydrogens is 519 g/mol. The number of phosphoric ester groups is 1. The first kappa shape index (κ1) is 26.1. The average Bonchev–Trinajstić information content (AvgIpc) is 3.18. The molecule has 186 valence electrons. The summed E-state index contributed by atoms with van der Waals surface area (Å²) in [6.45, 7) is -0.905. The van der Waals surface area contributed by atoms with E-state index in [1.165, 1.54) is 7.05 Å². The largest absolute Gasteiger partial charge is 0.490 e. The van der Waals surface area contributed by atoms with E-state index in [0.29, 0.717) is 0 Å². The summed E-state index contributed by atoms with van der Waals surface area (Å²) >= 11 is 0. The molecule has 1 fully saturated rings. The van der Waals surface area contributed by atoms with Gasteiger partial charge in [0.25, 0.3) is 5.56 Å². The minimum atomic E-state index is -5.81. The van der Waals surface area contributed by atoms with E-state index in [4.69, 9.17) is 20.3 Å². The normalized spacial score (nSPS) is 27.5. The molecule has 2 aromatic rings. The first-order chi connectivity index (χ1) is 15.1. The highest BCUT2D eigenvalue weighted by molar-refractivity contribution is 7.66. The Morgan fingerprint density at radius 1 is 1.18 bits per heavy atom. The van der Waals surface area contributed by atoms with E-state index in [9.17, 15) is 38.5 Å². The molecule has 33 heavy (non-hydrogen) atoms. The molecule has 0 radical (unpaired) electrons. The lowest BCUT2D eigenvalue weighted by molar-refractivity contribution is -0.0509. The van der Waals surface area contributed by atoms with Gasteiger partial charge in [0.2, 0.25) is 5.95 Å². The monoisotopic (exact) mass is 537 g/mol. The number of hydrogen-bond acceptors (Lipinski definition) is 13. The van der Waals surface area contributed by atoms with Gasteiger partial charge in [0, 0.05) is 7.05 Å². The summed E-state index contributed by atoms with van der Waals surface area (Å²) in [5.74, 6) is -0.217. The number of rotatable bonds is 8. The second-order valence-corrected chi connectivity index (χ2v) is 10.9. The number of anilines is 1. The van der Waals surface area contributed by atoms with E-state index >= 15 is 0 Å².